The average Bonchev–Trinajstić information content (AvgIpc) is 2.90. The summed E-state index contributed by atoms with van der Waals surface area (Å²) < 4.78 is 27.6. The summed E-state index contributed by atoms with van der Waals surface area (Å²) in [4.78, 5) is 16.5. The fraction of sp³-hybridized carbons (Fsp3) is 0.176. The van der Waals surface area contributed by atoms with Crippen LogP contribution in [0.25, 0.3) is 0 Å². The minimum absolute atomic E-state index is 0.00950. The van der Waals surface area contributed by atoms with E-state index in [9.17, 15) is 13.6 Å². The molecule has 1 heterocycles. The van der Waals surface area contributed by atoms with E-state index in [4.69, 9.17) is 5.73 Å². The van der Waals surface area contributed by atoms with E-state index in [1.165, 1.54) is 6.07 Å². The van der Waals surface area contributed by atoms with Gasteiger partial charge in [-0.25, -0.2) is 13.8 Å². The lowest BCUT2D eigenvalue weighted by atomic mass is 10.0. The van der Waals surface area contributed by atoms with Crippen LogP contribution in [0.1, 0.15) is 28.6 Å². The first-order valence-electron chi connectivity index (χ1n) is 7.36. The molecule has 24 heavy (non-hydrogen) atoms. The third kappa shape index (κ3) is 3.21. The maximum absolute atomic E-state index is 13.8. The van der Waals surface area contributed by atoms with Crippen LogP contribution >= 0.6 is 11.3 Å². The number of carbonyl (C=O) groups is 1. The van der Waals surface area contributed by atoms with E-state index in [-0.39, 0.29) is 10.7 Å². The van der Waals surface area contributed by atoms with E-state index < -0.39 is 23.0 Å². The fourth-order valence-corrected chi connectivity index (χ4v) is 3.17. The number of nitrogens with one attached hydrogen (secondary N) is 1. The van der Waals surface area contributed by atoms with E-state index in [1.54, 1.807) is 0 Å². The molecule has 3 N–H and O–H groups in total. The third-order valence-corrected chi connectivity index (χ3v) is 4.60. The van der Waals surface area contributed by atoms with E-state index in [0.29, 0.717) is 11.0 Å². The second kappa shape index (κ2) is 6.52. The Labute approximate surface area is 141 Å². The molecule has 0 aliphatic heterocycles. The van der Waals surface area contributed by atoms with Gasteiger partial charge < -0.3 is 11.1 Å². The highest BCUT2D eigenvalue weighted by Gasteiger charge is 2.24. The predicted molar refractivity (Wildman–Crippen MR) is 90.9 cm³/mol. The van der Waals surface area contributed by atoms with Crippen LogP contribution in [0.5, 0.6) is 0 Å². The number of aromatic nitrogens is 1. The van der Waals surface area contributed by atoms with Crippen molar-refractivity contribution in [2.24, 2.45) is 5.92 Å². The first kappa shape index (κ1) is 16.3. The standard InChI is InChI=1S/C17H15F2N3OS/c1-9-5-7-10(8-6-9)21-17-22-16(20)15(24-17)14(23)13-11(18)3-2-4-12(13)19/h2-5,7-9H,6,20H2,1H3,(H,21,22). The molecule has 1 aliphatic rings. The zero-order valence-corrected chi connectivity index (χ0v) is 13.7. The molecule has 3 rings (SSSR count). The number of allylic oxidation sites excluding steroid dienone is 3. The Morgan fingerprint density at radius 1 is 1.38 bits per heavy atom. The average molecular weight is 347 g/mol. The summed E-state index contributed by atoms with van der Waals surface area (Å²) in [7, 11) is 0. The summed E-state index contributed by atoms with van der Waals surface area (Å²) in [6.45, 7) is 2.10. The smallest absolute Gasteiger partial charge is 0.212 e. The molecule has 1 aliphatic carbocycles. The number of thiazole rings is 1. The zero-order chi connectivity index (χ0) is 17.3. The maximum Gasteiger partial charge on any atom is 0.212 e. The minimum atomic E-state index is -0.922. The van der Waals surface area contributed by atoms with Crippen LogP contribution in [0, 0.1) is 17.6 Å². The molecule has 0 saturated heterocycles. The lowest BCUT2D eigenvalue weighted by Gasteiger charge is -2.11. The number of nitrogens with zero attached hydrogens (tertiary/aromatic N) is 1. The molecule has 0 amide bonds. The zero-order valence-electron chi connectivity index (χ0n) is 12.8. The largest absolute Gasteiger partial charge is 0.382 e. The van der Waals surface area contributed by atoms with Gasteiger partial charge >= 0.3 is 0 Å². The fourth-order valence-electron chi connectivity index (χ4n) is 2.32. The maximum atomic E-state index is 13.8. The molecule has 1 aromatic carbocycles. The lowest BCUT2D eigenvalue weighted by molar-refractivity contribution is 0.103. The van der Waals surface area contributed by atoms with Gasteiger partial charge in [0.05, 0.1) is 5.56 Å². The van der Waals surface area contributed by atoms with Gasteiger partial charge in [-0.3, -0.25) is 4.79 Å². The molecular weight excluding hydrogens is 332 g/mol. The third-order valence-electron chi connectivity index (χ3n) is 3.61. The van der Waals surface area contributed by atoms with Crippen molar-refractivity contribution in [1.29, 1.82) is 0 Å². The summed E-state index contributed by atoms with van der Waals surface area (Å²) >= 11 is 0.969. The molecule has 0 spiro atoms. The number of halogens is 2. The van der Waals surface area contributed by atoms with Crippen LogP contribution in [0.4, 0.5) is 19.7 Å². The van der Waals surface area contributed by atoms with E-state index in [0.717, 1.165) is 35.6 Å². The molecule has 0 saturated carbocycles. The Hall–Kier alpha value is -2.54. The Morgan fingerprint density at radius 3 is 2.71 bits per heavy atom. The molecule has 1 atom stereocenters. The number of carbonyl (C=O) groups excluding carboxylic acids is 1. The highest BCUT2D eigenvalue weighted by atomic mass is 32.1. The van der Waals surface area contributed by atoms with Crippen LogP contribution in [-0.4, -0.2) is 10.8 Å². The van der Waals surface area contributed by atoms with Crippen molar-refractivity contribution in [2.75, 3.05) is 11.1 Å². The molecule has 1 aromatic heterocycles. The molecule has 124 valence electrons. The number of nitrogens with two attached hydrogens (primary N) is 1. The summed E-state index contributed by atoms with van der Waals surface area (Å²) in [6, 6.07) is 3.27. The van der Waals surface area contributed by atoms with Crippen molar-refractivity contribution >= 4 is 28.1 Å². The van der Waals surface area contributed by atoms with Crippen molar-refractivity contribution in [1.82, 2.24) is 4.98 Å². The highest BCUT2D eigenvalue weighted by Crippen LogP contribution is 2.30. The monoisotopic (exact) mass is 347 g/mol. The molecule has 7 heteroatoms. The quantitative estimate of drug-likeness (QED) is 0.816. The first-order valence-corrected chi connectivity index (χ1v) is 8.17. The normalized spacial score (nSPS) is 16.8. The van der Waals surface area contributed by atoms with Gasteiger partial charge in [0.15, 0.2) is 5.13 Å². The van der Waals surface area contributed by atoms with Gasteiger partial charge in [-0.1, -0.05) is 36.5 Å². The van der Waals surface area contributed by atoms with Crippen LogP contribution < -0.4 is 11.1 Å². The van der Waals surface area contributed by atoms with E-state index in [1.807, 2.05) is 12.2 Å². The molecule has 1 unspecified atom stereocenters. The second-order valence-corrected chi connectivity index (χ2v) is 6.51. The van der Waals surface area contributed by atoms with Gasteiger partial charge in [-0.15, -0.1) is 0 Å². The number of nitrogen functional groups attached to an aromatic ring is 1. The number of benzene rings is 1. The van der Waals surface area contributed by atoms with Crippen molar-refractivity contribution < 1.29 is 13.6 Å². The van der Waals surface area contributed by atoms with E-state index >= 15 is 0 Å². The SMILES string of the molecule is CC1C=CC(Nc2nc(N)c(C(=O)c3c(F)cccc3F)s2)=CC1. The Bertz CT molecular complexity index is 837. The second-order valence-electron chi connectivity index (χ2n) is 5.52. The van der Waals surface area contributed by atoms with Gasteiger partial charge in [0.2, 0.25) is 5.78 Å². The van der Waals surface area contributed by atoms with Gasteiger partial charge in [-0.2, -0.15) is 0 Å². The predicted octanol–water partition coefficient (Wildman–Crippen LogP) is 4.13. The van der Waals surface area contributed by atoms with Crippen molar-refractivity contribution in [3.8, 4) is 0 Å². The number of hydrogen-bond donors (Lipinski definition) is 2. The van der Waals surface area contributed by atoms with Crippen LogP contribution in [0.3, 0.4) is 0 Å². The Balaban J connectivity index is 1.87. The number of anilines is 2. The molecule has 0 bridgehead atoms. The Morgan fingerprint density at radius 2 is 2.08 bits per heavy atom. The van der Waals surface area contributed by atoms with Crippen LogP contribution in [0.15, 0.2) is 42.1 Å². The Kier molecular flexibility index (Phi) is 4.44. The van der Waals surface area contributed by atoms with Gasteiger partial charge in [0, 0.05) is 5.70 Å². The summed E-state index contributed by atoms with van der Waals surface area (Å²) in [5.74, 6) is -2.24. The molecule has 2 aromatic rings. The molecule has 0 radical (unpaired) electrons. The van der Waals surface area contributed by atoms with Crippen LogP contribution in [0.2, 0.25) is 0 Å². The first-order chi connectivity index (χ1) is 11.5. The number of ketones is 1. The summed E-state index contributed by atoms with van der Waals surface area (Å²) in [5.41, 5.74) is 5.99. The number of rotatable bonds is 4. The summed E-state index contributed by atoms with van der Waals surface area (Å²) in [5, 5.41) is 3.46. The molecular formula is C17H15F2N3OS. The van der Waals surface area contributed by atoms with Crippen LogP contribution in [-0.2, 0) is 0 Å². The van der Waals surface area contributed by atoms with E-state index in [2.05, 4.69) is 23.3 Å². The van der Waals surface area contributed by atoms with Gasteiger partial charge in [0.1, 0.15) is 22.3 Å². The molecule has 0 fully saturated rings. The molecule has 4 nitrogen and oxygen atoms in total. The highest BCUT2D eigenvalue weighted by molar-refractivity contribution is 7.18. The van der Waals surface area contributed by atoms with Crippen molar-refractivity contribution in [3.63, 3.8) is 0 Å². The number of hydrogen-bond acceptors (Lipinski definition) is 5. The van der Waals surface area contributed by atoms with Crippen molar-refractivity contribution in [2.45, 2.75) is 13.3 Å². The lowest BCUT2D eigenvalue weighted by Crippen LogP contribution is -2.07. The summed E-state index contributed by atoms with van der Waals surface area (Å²) in [6.07, 6.45) is 6.88. The topological polar surface area (TPSA) is 68.0 Å². The van der Waals surface area contributed by atoms with Crippen molar-refractivity contribution in [3.05, 3.63) is 64.2 Å². The van der Waals surface area contributed by atoms with Gasteiger partial charge in [-0.05, 0) is 30.5 Å². The van der Waals surface area contributed by atoms with Gasteiger partial charge in [0.25, 0.3) is 0 Å². The minimum Gasteiger partial charge on any atom is -0.382 e.